The average Bonchev–Trinajstić information content (AvgIpc) is 2.95. The van der Waals surface area contributed by atoms with Crippen molar-refractivity contribution in [2.24, 2.45) is 51.0 Å². The van der Waals surface area contributed by atoms with Crippen LogP contribution in [0.1, 0.15) is 38.8 Å². The van der Waals surface area contributed by atoms with Gasteiger partial charge < -0.3 is 61.1 Å². The summed E-state index contributed by atoms with van der Waals surface area (Å²) < 4.78 is 0. The molecule has 0 unspecified atom stereocenters. The topological polar surface area (TPSA) is 172 Å². The van der Waals surface area contributed by atoms with Crippen LogP contribution in [0.2, 0.25) is 0 Å². The molecule has 0 radical (unpaired) electrons. The van der Waals surface area contributed by atoms with Gasteiger partial charge in [-0.25, -0.2) is 0 Å². The normalized spacial score (nSPS) is 14.4. The van der Waals surface area contributed by atoms with Crippen LogP contribution >= 0.6 is 0 Å². The van der Waals surface area contributed by atoms with Crippen LogP contribution in [0.5, 0.6) is 0 Å². The molecular formula is C22H28N14S4Zn2. The van der Waals surface area contributed by atoms with Crippen molar-refractivity contribution in [2.45, 2.75) is 27.7 Å². The molecule has 0 aliphatic carbocycles. The second-order valence-corrected chi connectivity index (χ2v) is 8.82. The SMILES string of the molecule is CNC([S-])=NN=C(C)C(C)=NN=C([S-])N/N=C/c1cccc(/C=N/NC([S-])=NN=C(C)C(C)=NN=C([S-])NC)c1.[Zn+2].[Zn+2]. The minimum atomic E-state index is 0. The molecule has 0 fully saturated rings. The van der Waals surface area contributed by atoms with E-state index in [4.69, 9.17) is 50.5 Å². The number of benzene rings is 1. The van der Waals surface area contributed by atoms with Crippen LogP contribution in [0.25, 0.3) is 0 Å². The van der Waals surface area contributed by atoms with Crippen molar-refractivity contribution in [2.75, 3.05) is 14.1 Å². The van der Waals surface area contributed by atoms with Gasteiger partial charge in [-0.1, -0.05) is 18.2 Å². The van der Waals surface area contributed by atoms with Gasteiger partial charge in [-0.3, -0.25) is 10.9 Å². The number of hydrogen-bond donors (Lipinski definition) is 4. The molecule has 42 heavy (non-hydrogen) atoms. The summed E-state index contributed by atoms with van der Waals surface area (Å²) in [6.07, 6.45) is 3.15. The Hall–Kier alpha value is -2.75. The average molecular weight is 748 g/mol. The summed E-state index contributed by atoms with van der Waals surface area (Å²) in [5.74, 6) is 0. The summed E-state index contributed by atoms with van der Waals surface area (Å²) in [6.45, 7) is 6.90. The zero-order valence-corrected chi connectivity index (χ0v) is 33.2. The molecule has 0 saturated heterocycles. The zero-order valence-electron chi connectivity index (χ0n) is 24.0. The van der Waals surface area contributed by atoms with Crippen LogP contribution in [-0.4, -0.2) is 70.0 Å². The zero-order chi connectivity index (χ0) is 29.9. The van der Waals surface area contributed by atoms with Gasteiger partial charge in [-0.05, 0) is 55.2 Å². The molecular weight excluding hydrogens is 719 g/mol. The van der Waals surface area contributed by atoms with Gasteiger partial charge in [0.1, 0.15) is 0 Å². The summed E-state index contributed by atoms with van der Waals surface area (Å²) in [4.78, 5) is 0. The van der Waals surface area contributed by atoms with E-state index in [-0.39, 0.29) is 59.6 Å². The van der Waals surface area contributed by atoms with Crippen LogP contribution in [0.4, 0.5) is 0 Å². The third-order valence-corrected chi connectivity index (χ3v) is 5.21. The smallest absolute Gasteiger partial charge is 0.741 e. The summed E-state index contributed by atoms with van der Waals surface area (Å²) in [7, 11) is 3.32. The molecule has 1 aromatic carbocycles. The summed E-state index contributed by atoms with van der Waals surface area (Å²) >= 11 is 20.0. The van der Waals surface area contributed by atoms with Gasteiger partial charge >= 0.3 is 39.0 Å². The largest absolute Gasteiger partial charge is 2.00 e. The van der Waals surface area contributed by atoms with Crippen molar-refractivity contribution in [1.82, 2.24) is 21.5 Å². The van der Waals surface area contributed by atoms with E-state index < -0.39 is 0 Å². The van der Waals surface area contributed by atoms with E-state index in [1.54, 1.807) is 54.2 Å². The first-order valence-electron chi connectivity index (χ1n) is 11.3. The number of rotatable bonds is 10. The maximum atomic E-state index is 5.12. The molecule has 1 aromatic rings. The molecule has 0 aromatic heterocycles. The van der Waals surface area contributed by atoms with E-state index in [1.165, 1.54) is 0 Å². The fourth-order valence-electron chi connectivity index (χ4n) is 1.96. The molecule has 0 spiro atoms. The third kappa shape index (κ3) is 18.6. The molecule has 0 bridgehead atoms. The van der Waals surface area contributed by atoms with E-state index >= 15 is 0 Å². The predicted molar refractivity (Wildman–Crippen MR) is 178 cm³/mol. The summed E-state index contributed by atoms with van der Waals surface area (Å²) in [5, 5.41) is 45.6. The molecule has 214 valence electrons. The Bertz CT molecular complexity index is 1220. The maximum Gasteiger partial charge on any atom is 2.00 e. The van der Waals surface area contributed by atoms with Crippen LogP contribution in [0.3, 0.4) is 0 Å². The van der Waals surface area contributed by atoms with Crippen LogP contribution < -0.4 is 21.5 Å². The van der Waals surface area contributed by atoms with Crippen molar-refractivity contribution in [3.63, 3.8) is 0 Å². The van der Waals surface area contributed by atoms with Crippen LogP contribution in [0, 0.1) is 0 Å². The number of hydrogen-bond acceptors (Lipinski definition) is 14. The monoisotopic (exact) mass is 744 g/mol. The molecule has 0 aliphatic heterocycles. The Morgan fingerprint density at radius 1 is 0.548 bits per heavy atom. The van der Waals surface area contributed by atoms with Crippen LogP contribution in [0.15, 0.2) is 75.3 Å². The molecule has 0 amide bonds. The van der Waals surface area contributed by atoms with Gasteiger partial charge in [-0.2, -0.15) is 51.0 Å². The Morgan fingerprint density at radius 3 is 1.17 bits per heavy atom. The minimum Gasteiger partial charge on any atom is -0.741 e. The fourth-order valence-corrected chi connectivity index (χ4v) is 2.23. The summed E-state index contributed by atoms with van der Waals surface area (Å²) in [6, 6.07) is 7.40. The molecule has 0 heterocycles. The maximum absolute atomic E-state index is 5.12. The second-order valence-electron chi connectivity index (χ2n) is 7.27. The van der Waals surface area contributed by atoms with Gasteiger partial charge in [0.25, 0.3) is 0 Å². The third-order valence-electron chi connectivity index (χ3n) is 4.30. The van der Waals surface area contributed by atoms with E-state index in [1.807, 2.05) is 24.3 Å². The molecule has 0 atom stereocenters. The molecule has 14 nitrogen and oxygen atoms in total. The van der Waals surface area contributed by atoms with Gasteiger partial charge in [0, 0.05) is 24.4 Å². The minimum absolute atomic E-state index is 0. The standard InChI is InChI=1S/C22H32N14S4.2Zn/c1-13(27-33-19(37)23-5)15(3)29-35-21(39)31-25-11-17-8-7-9-18(10-17)12-26-32-22(40)36-30-16(4)14(2)28-34-20(38)24-6;;/h7-12H,1-6H3,(H2,23,33,37)(H2,24,34,38)(H2,31,35,39)(H2,32,36,40);;/q;2*+2/p-4/b25-11+,26-12+,27-13?,28-14?,29-15?,30-16?;;. The van der Waals surface area contributed by atoms with E-state index in [2.05, 4.69) is 72.5 Å². The molecule has 20 heteroatoms. The number of hydrazone groups is 2. The molecule has 0 aliphatic rings. The second kappa shape index (κ2) is 23.8. The van der Waals surface area contributed by atoms with Gasteiger partial charge in [0.05, 0.1) is 35.3 Å². The number of nitrogens with one attached hydrogen (secondary N) is 4. The van der Waals surface area contributed by atoms with Gasteiger partial charge in [-0.15, -0.1) is 0 Å². The molecule has 4 N–H and O–H groups in total. The molecule has 0 saturated carbocycles. The first kappa shape index (κ1) is 41.4. The Morgan fingerprint density at radius 2 is 0.857 bits per heavy atom. The number of amidine groups is 4. The van der Waals surface area contributed by atoms with Crippen LogP contribution in [-0.2, 0) is 89.5 Å². The van der Waals surface area contributed by atoms with Crippen molar-refractivity contribution < 1.29 is 39.0 Å². The van der Waals surface area contributed by atoms with Gasteiger partial charge in [0.15, 0.2) is 0 Å². The molecule has 1 rings (SSSR count). The predicted octanol–water partition coefficient (Wildman–Crippen LogP) is 1.08. The fraction of sp³-hybridized carbons (Fsp3) is 0.273. The van der Waals surface area contributed by atoms with Crippen molar-refractivity contribution in [3.8, 4) is 0 Å². The van der Waals surface area contributed by atoms with Gasteiger partial charge in [0.2, 0.25) is 0 Å². The van der Waals surface area contributed by atoms with Crippen molar-refractivity contribution in [3.05, 3.63) is 35.4 Å². The van der Waals surface area contributed by atoms with Crippen molar-refractivity contribution in [1.29, 1.82) is 0 Å². The van der Waals surface area contributed by atoms with E-state index in [0.29, 0.717) is 22.8 Å². The first-order chi connectivity index (χ1) is 19.0. The Kier molecular flexibility index (Phi) is 23.4. The number of nitrogens with zero attached hydrogens (tertiary/aromatic N) is 10. The Labute approximate surface area is 293 Å². The Balaban J connectivity index is 0. The van der Waals surface area contributed by atoms with Crippen molar-refractivity contribution >= 4 is 106 Å². The van der Waals surface area contributed by atoms with E-state index in [9.17, 15) is 0 Å². The first-order valence-corrected chi connectivity index (χ1v) is 12.9. The quantitative estimate of drug-likeness (QED) is 0.0906. The summed E-state index contributed by atoms with van der Waals surface area (Å²) in [5.41, 5.74) is 8.97. The van der Waals surface area contributed by atoms with E-state index in [0.717, 1.165) is 11.1 Å².